The van der Waals surface area contributed by atoms with Crippen LogP contribution < -0.4 is 5.32 Å². The van der Waals surface area contributed by atoms with Crippen molar-refractivity contribution in [1.82, 2.24) is 5.32 Å². The van der Waals surface area contributed by atoms with Crippen molar-refractivity contribution in [1.29, 1.82) is 0 Å². The molecule has 1 saturated carbocycles. The highest BCUT2D eigenvalue weighted by molar-refractivity contribution is 5.93. The number of ether oxygens (including phenoxy) is 2. The van der Waals surface area contributed by atoms with Gasteiger partial charge in [0.15, 0.2) is 11.9 Å². The largest absolute Gasteiger partial charge is 0.451 e. The maximum absolute atomic E-state index is 12.2. The van der Waals surface area contributed by atoms with Crippen LogP contribution in [0.15, 0.2) is 60.7 Å². The number of alkyl carbamates (subject to hydrolysis) is 1. The molecule has 1 N–H and O–H groups in total. The number of hydrogen-bond acceptors (Lipinski definition) is 5. The van der Waals surface area contributed by atoms with Gasteiger partial charge in [0.1, 0.15) is 6.61 Å². The molecule has 0 aliphatic heterocycles. The van der Waals surface area contributed by atoms with E-state index in [2.05, 4.69) is 5.32 Å². The zero-order chi connectivity index (χ0) is 19.1. The second kappa shape index (κ2) is 8.98. The van der Waals surface area contributed by atoms with Crippen LogP contribution in [0.3, 0.4) is 0 Å². The number of ketones is 1. The van der Waals surface area contributed by atoms with Crippen molar-refractivity contribution in [3.8, 4) is 0 Å². The second-order valence-electron chi connectivity index (χ2n) is 6.40. The Hall–Kier alpha value is -3.15. The van der Waals surface area contributed by atoms with E-state index in [1.807, 2.05) is 30.3 Å². The predicted octanol–water partition coefficient (Wildman–Crippen LogP) is 3.26. The highest BCUT2D eigenvalue weighted by Crippen LogP contribution is 2.20. The highest BCUT2D eigenvalue weighted by atomic mass is 16.6. The first kappa shape index (κ1) is 18.6. The Morgan fingerprint density at radius 2 is 1.67 bits per heavy atom. The van der Waals surface area contributed by atoms with Crippen molar-refractivity contribution in [3.63, 3.8) is 0 Å². The Morgan fingerprint density at radius 3 is 2.37 bits per heavy atom. The summed E-state index contributed by atoms with van der Waals surface area (Å²) >= 11 is 0. The van der Waals surface area contributed by atoms with E-state index in [0.717, 1.165) is 5.56 Å². The number of carbonyl (C=O) groups excluding carboxylic acids is 3. The fourth-order valence-corrected chi connectivity index (χ4v) is 2.93. The van der Waals surface area contributed by atoms with E-state index < -0.39 is 18.2 Å². The van der Waals surface area contributed by atoms with Crippen LogP contribution in [-0.2, 0) is 20.9 Å². The Kier molecular flexibility index (Phi) is 6.20. The standard InChI is InChI=1S/C21H21NO5/c23-18-12-11-17(22-21(25)26-14-15-7-3-1-4-8-15)13-19(18)27-20(24)16-9-5-2-6-10-16/h1-10,17,19H,11-14H2,(H,22,25)/t17-,19+/m0/s1. The number of carbonyl (C=O) groups is 3. The van der Waals surface area contributed by atoms with Crippen molar-refractivity contribution in [2.75, 3.05) is 0 Å². The molecule has 1 fully saturated rings. The number of Topliss-reactive ketones (excluding diaryl/α,β-unsaturated/α-hetero) is 1. The maximum Gasteiger partial charge on any atom is 0.407 e. The van der Waals surface area contributed by atoms with Crippen molar-refractivity contribution in [2.45, 2.75) is 38.0 Å². The third-order valence-electron chi connectivity index (χ3n) is 4.39. The first-order valence-electron chi connectivity index (χ1n) is 8.88. The van der Waals surface area contributed by atoms with Gasteiger partial charge < -0.3 is 14.8 Å². The van der Waals surface area contributed by atoms with E-state index in [1.165, 1.54) is 0 Å². The van der Waals surface area contributed by atoms with Crippen molar-refractivity contribution >= 4 is 17.8 Å². The first-order chi connectivity index (χ1) is 13.1. The summed E-state index contributed by atoms with van der Waals surface area (Å²) in [6, 6.07) is 17.6. The van der Waals surface area contributed by atoms with Gasteiger partial charge in [-0.05, 0) is 24.1 Å². The number of nitrogens with one attached hydrogen (secondary N) is 1. The lowest BCUT2D eigenvalue weighted by Gasteiger charge is -2.28. The molecule has 0 saturated heterocycles. The minimum Gasteiger partial charge on any atom is -0.451 e. The van der Waals surface area contributed by atoms with Crippen LogP contribution in [-0.4, -0.2) is 30.0 Å². The summed E-state index contributed by atoms with van der Waals surface area (Å²) in [6.07, 6.45) is -0.412. The first-order valence-corrected chi connectivity index (χ1v) is 8.88. The van der Waals surface area contributed by atoms with E-state index in [0.29, 0.717) is 12.0 Å². The average molecular weight is 367 g/mol. The van der Waals surface area contributed by atoms with Crippen molar-refractivity contribution in [3.05, 3.63) is 71.8 Å². The smallest absolute Gasteiger partial charge is 0.407 e. The van der Waals surface area contributed by atoms with Gasteiger partial charge in [-0.3, -0.25) is 4.79 Å². The summed E-state index contributed by atoms with van der Waals surface area (Å²) in [7, 11) is 0. The number of esters is 1. The van der Waals surface area contributed by atoms with Gasteiger partial charge in [0.05, 0.1) is 5.56 Å². The molecule has 0 radical (unpaired) electrons. The highest BCUT2D eigenvalue weighted by Gasteiger charge is 2.32. The summed E-state index contributed by atoms with van der Waals surface area (Å²) in [5.41, 5.74) is 1.28. The van der Waals surface area contributed by atoms with Gasteiger partial charge in [-0.15, -0.1) is 0 Å². The number of hydrogen-bond donors (Lipinski definition) is 1. The topological polar surface area (TPSA) is 81.7 Å². The van der Waals surface area contributed by atoms with Gasteiger partial charge in [0, 0.05) is 18.9 Å². The quantitative estimate of drug-likeness (QED) is 0.821. The molecule has 6 nitrogen and oxygen atoms in total. The van der Waals surface area contributed by atoms with Crippen LogP contribution in [0.5, 0.6) is 0 Å². The van der Waals surface area contributed by atoms with Crippen molar-refractivity contribution in [2.24, 2.45) is 0 Å². The summed E-state index contributed by atoms with van der Waals surface area (Å²) in [5.74, 6) is -0.670. The lowest BCUT2D eigenvalue weighted by Crippen LogP contribution is -2.44. The molecule has 2 aromatic carbocycles. The molecule has 6 heteroatoms. The SMILES string of the molecule is O=C(N[C@H]1CCC(=O)[C@H](OC(=O)c2ccccc2)C1)OCc1ccccc1. The molecule has 27 heavy (non-hydrogen) atoms. The van der Waals surface area contributed by atoms with E-state index in [9.17, 15) is 14.4 Å². The molecule has 1 aliphatic rings. The van der Waals surface area contributed by atoms with Crippen LogP contribution in [0.2, 0.25) is 0 Å². The van der Waals surface area contributed by atoms with E-state index in [-0.39, 0.29) is 31.3 Å². The number of amides is 1. The molecule has 0 spiro atoms. The van der Waals surface area contributed by atoms with Crippen LogP contribution >= 0.6 is 0 Å². The van der Waals surface area contributed by atoms with Gasteiger partial charge in [-0.1, -0.05) is 48.5 Å². The van der Waals surface area contributed by atoms with Gasteiger partial charge in [-0.25, -0.2) is 9.59 Å². The molecule has 2 aromatic rings. The van der Waals surface area contributed by atoms with Gasteiger partial charge in [0.25, 0.3) is 0 Å². The summed E-state index contributed by atoms with van der Waals surface area (Å²) in [4.78, 5) is 36.2. The number of rotatable bonds is 5. The number of benzene rings is 2. The van der Waals surface area contributed by atoms with E-state index >= 15 is 0 Å². The summed E-state index contributed by atoms with van der Waals surface area (Å²) < 4.78 is 10.6. The molecule has 1 amide bonds. The third kappa shape index (κ3) is 5.41. The van der Waals surface area contributed by atoms with Crippen LogP contribution in [0.1, 0.15) is 35.2 Å². The molecule has 2 atom stereocenters. The zero-order valence-corrected chi connectivity index (χ0v) is 14.8. The average Bonchev–Trinajstić information content (AvgIpc) is 2.70. The van der Waals surface area contributed by atoms with Gasteiger partial charge >= 0.3 is 12.1 Å². The summed E-state index contributed by atoms with van der Waals surface area (Å²) in [5, 5.41) is 2.75. The van der Waals surface area contributed by atoms with Crippen LogP contribution in [0.4, 0.5) is 4.79 Å². The minimum atomic E-state index is -0.856. The molecule has 140 valence electrons. The molecule has 0 bridgehead atoms. The monoisotopic (exact) mass is 367 g/mol. The molecule has 0 unspecified atom stereocenters. The Morgan fingerprint density at radius 1 is 1.00 bits per heavy atom. The fraction of sp³-hybridized carbons (Fsp3) is 0.286. The molecule has 1 aliphatic carbocycles. The molecular formula is C21H21NO5. The Labute approximate surface area is 157 Å². The minimum absolute atomic E-state index is 0.130. The van der Waals surface area contributed by atoms with E-state index in [1.54, 1.807) is 30.3 Å². The maximum atomic E-state index is 12.2. The van der Waals surface area contributed by atoms with Gasteiger partial charge in [0.2, 0.25) is 0 Å². The lowest BCUT2D eigenvalue weighted by atomic mass is 9.91. The lowest BCUT2D eigenvalue weighted by molar-refractivity contribution is -0.130. The van der Waals surface area contributed by atoms with E-state index in [4.69, 9.17) is 9.47 Å². The van der Waals surface area contributed by atoms with Crippen LogP contribution in [0.25, 0.3) is 0 Å². The Balaban J connectivity index is 1.50. The molecule has 0 heterocycles. The normalized spacial score (nSPS) is 19.2. The zero-order valence-electron chi connectivity index (χ0n) is 14.8. The summed E-state index contributed by atoms with van der Waals surface area (Å²) in [6.45, 7) is 0.171. The second-order valence-corrected chi connectivity index (χ2v) is 6.40. The Bertz CT molecular complexity index is 791. The fourth-order valence-electron chi connectivity index (χ4n) is 2.93. The van der Waals surface area contributed by atoms with Gasteiger partial charge in [-0.2, -0.15) is 0 Å². The third-order valence-corrected chi connectivity index (χ3v) is 4.39. The molecular weight excluding hydrogens is 346 g/mol. The molecule has 0 aromatic heterocycles. The predicted molar refractivity (Wildman–Crippen MR) is 98.1 cm³/mol. The molecule has 3 rings (SSSR count). The van der Waals surface area contributed by atoms with Crippen molar-refractivity contribution < 1.29 is 23.9 Å². The van der Waals surface area contributed by atoms with Crippen LogP contribution in [0, 0.1) is 0 Å².